The first-order valence-corrected chi connectivity index (χ1v) is 3.32. The molecule has 1 aromatic carbocycles. The van der Waals surface area contributed by atoms with Crippen LogP contribution in [0.4, 0.5) is 0 Å². The Morgan fingerprint density at radius 1 is 1.17 bits per heavy atom. The van der Waals surface area contributed by atoms with E-state index in [-0.39, 0.29) is 30.6 Å². The molecule has 68 valence electrons. The van der Waals surface area contributed by atoms with Crippen molar-refractivity contribution in [2.75, 3.05) is 0 Å². The Morgan fingerprint density at radius 3 is 2.08 bits per heavy atom. The molecular weight excluding hydrogens is 195 g/mol. The molecule has 0 aliphatic heterocycles. The monoisotopic (exact) mass is 206 g/mol. The van der Waals surface area contributed by atoms with Crippen LogP contribution in [0.2, 0.25) is 0 Å². The van der Waals surface area contributed by atoms with E-state index in [0.717, 1.165) is 5.56 Å². The van der Waals surface area contributed by atoms with Gasteiger partial charge in [-0.15, -0.1) is 24.8 Å². The van der Waals surface area contributed by atoms with Gasteiger partial charge in [0.1, 0.15) is 5.78 Å². The Bertz CT molecular complexity index is 221. The third kappa shape index (κ3) is 5.16. The van der Waals surface area contributed by atoms with E-state index in [1.807, 2.05) is 30.3 Å². The summed E-state index contributed by atoms with van der Waals surface area (Å²) in [6.45, 7) is 1.60. The van der Waals surface area contributed by atoms with Crippen LogP contribution >= 0.6 is 24.8 Å². The van der Waals surface area contributed by atoms with Gasteiger partial charge in [-0.25, -0.2) is 0 Å². The molecule has 0 aromatic heterocycles. The molecule has 0 spiro atoms. The maximum Gasteiger partial charge on any atom is 0.134 e. The van der Waals surface area contributed by atoms with Gasteiger partial charge in [0.2, 0.25) is 0 Å². The lowest BCUT2D eigenvalue weighted by molar-refractivity contribution is -0.116. The molecule has 0 aliphatic carbocycles. The highest BCUT2D eigenvalue weighted by Gasteiger charge is 1.93. The molecule has 0 radical (unpaired) electrons. The van der Waals surface area contributed by atoms with Gasteiger partial charge in [-0.2, -0.15) is 0 Å². The van der Waals surface area contributed by atoms with Gasteiger partial charge in [-0.05, 0) is 12.5 Å². The second-order valence-electron chi connectivity index (χ2n) is 2.36. The Hall–Kier alpha value is -0.530. The van der Waals surface area contributed by atoms with Crippen molar-refractivity contribution in [2.45, 2.75) is 13.3 Å². The highest BCUT2D eigenvalue weighted by molar-refractivity contribution is 5.85. The lowest BCUT2D eigenvalue weighted by Gasteiger charge is -1.93. The summed E-state index contributed by atoms with van der Waals surface area (Å²) in [5, 5.41) is 0. The fourth-order valence-corrected chi connectivity index (χ4v) is 0.883. The average molecular weight is 207 g/mol. The largest absolute Gasteiger partial charge is 0.300 e. The van der Waals surface area contributed by atoms with Gasteiger partial charge in [-0.1, -0.05) is 30.3 Å². The zero-order valence-electron chi connectivity index (χ0n) is 6.82. The number of hydrogen-bond donors (Lipinski definition) is 0. The van der Waals surface area contributed by atoms with Gasteiger partial charge in [0.05, 0.1) is 0 Å². The standard InChI is InChI=1S/C9H10O.2ClH/c1-8(10)7-9-5-3-2-4-6-9;;/h2-6H,7H2,1H3;2*1H. The number of ketones is 1. The van der Waals surface area contributed by atoms with E-state index in [4.69, 9.17) is 0 Å². The zero-order valence-corrected chi connectivity index (χ0v) is 8.45. The van der Waals surface area contributed by atoms with E-state index >= 15 is 0 Å². The maximum atomic E-state index is 10.6. The topological polar surface area (TPSA) is 17.1 Å². The minimum absolute atomic E-state index is 0. The summed E-state index contributed by atoms with van der Waals surface area (Å²) < 4.78 is 0. The van der Waals surface area contributed by atoms with Gasteiger partial charge in [0.25, 0.3) is 0 Å². The van der Waals surface area contributed by atoms with Crippen LogP contribution in [-0.2, 0) is 11.2 Å². The molecule has 0 aliphatic rings. The number of carbonyl (C=O) groups is 1. The van der Waals surface area contributed by atoms with Crippen molar-refractivity contribution >= 4 is 30.6 Å². The predicted molar refractivity (Wildman–Crippen MR) is 55.3 cm³/mol. The summed E-state index contributed by atoms with van der Waals surface area (Å²) in [6, 6.07) is 9.75. The SMILES string of the molecule is CC(=O)Cc1ccccc1.Cl.Cl. The van der Waals surface area contributed by atoms with Crippen molar-refractivity contribution in [3.8, 4) is 0 Å². The summed E-state index contributed by atoms with van der Waals surface area (Å²) in [6.07, 6.45) is 0.556. The Kier molecular flexibility index (Phi) is 8.34. The third-order valence-corrected chi connectivity index (χ3v) is 1.30. The fraction of sp³-hybridized carbons (Fsp3) is 0.222. The second kappa shape index (κ2) is 7.14. The number of benzene rings is 1. The van der Waals surface area contributed by atoms with Crippen molar-refractivity contribution in [1.82, 2.24) is 0 Å². The molecule has 0 bridgehead atoms. The molecule has 0 fully saturated rings. The van der Waals surface area contributed by atoms with Crippen molar-refractivity contribution in [2.24, 2.45) is 0 Å². The first-order valence-electron chi connectivity index (χ1n) is 3.32. The molecule has 0 heterocycles. The van der Waals surface area contributed by atoms with E-state index in [2.05, 4.69) is 0 Å². The van der Waals surface area contributed by atoms with E-state index in [1.165, 1.54) is 0 Å². The van der Waals surface area contributed by atoms with E-state index < -0.39 is 0 Å². The van der Waals surface area contributed by atoms with Crippen LogP contribution in [0, 0.1) is 0 Å². The van der Waals surface area contributed by atoms with Gasteiger partial charge in [0, 0.05) is 6.42 Å². The Labute approximate surface area is 85.0 Å². The molecule has 12 heavy (non-hydrogen) atoms. The summed E-state index contributed by atoms with van der Waals surface area (Å²) >= 11 is 0. The van der Waals surface area contributed by atoms with Crippen molar-refractivity contribution < 1.29 is 4.79 Å². The second-order valence-corrected chi connectivity index (χ2v) is 2.36. The highest BCUT2D eigenvalue weighted by atomic mass is 35.5. The van der Waals surface area contributed by atoms with Crippen LogP contribution in [0.3, 0.4) is 0 Å². The van der Waals surface area contributed by atoms with Gasteiger partial charge < -0.3 is 0 Å². The van der Waals surface area contributed by atoms with Gasteiger partial charge in [0.15, 0.2) is 0 Å². The molecule has 0 saturated heterocycles. The molecule has 0 atom stereocenters. The Balaban J connectivity index is 0. The smallest absolute Gasteiger partial charge is 0.134 e. The molecule has 3 heteroatoms. The van der Waals surface area contributed by atoms with Crippen LogP contribution in [-0.4, -0.2) is 5.78 Å². The quantitative estimate of drug-likeness (QED) is 0.728. The number of rotatable bonds is 2. The summed E-state index contributed by atoms with van der Waals surface area (Å²) in [7, 11) is 0. The van der Waals surface area contributed by atoms with E-state index in [0.29, 0.717) is 6.42 Å². The number of carbonyl (C=O) groups excluding carboxylic acids is 1. The van der Waals surface area contributed by atoms with Crippen molar-refractivity contribution in [3.05, 3.63) is 35.9 Å². The van der Waals surface area contributed by atoms with Crippen LogP contribution in [0.5, 0.6) is 0 Å². The van der Waals surface area contributed by atoms with Gasteiger partial charge in [-0.3, -0.25) is 4.79 Å². The summed E-state index contributed by atoms with van der Waals surface area (Å²) in [5.41, 5.74) is 1.09. The van der Waals surface area contributed by atoms with E-state index in [1.54, 1.807) is 6.92 Å². The van der Waals surface area contributed by atoms with E-state index in [9.17, 15) is 4.79 Å². The van der Waals surface area contributed by atoms with Crippen LogP contribution in [0.25, 0.3) is 0 Å². The molecule has 1 aromatic rings. The summed E-state index contributed by atoms with van der Waals surface area (Å²) in [5.74, 6) is 0.214. The van der Waals surface area contributed by atoms with Crippen LogP contribution in [0.1, 0.15) is 12.5 Å². The zero-order chi connectivity index (χ0) is 7.40. The predicted octanol–water partition coefficient (Wildman–Crippen LogP) is 2.66. The molecule has 1 nitrogen and oxygen atoms in total. The number of hydrogen-bond acceptors (Lipinski definition) is 1. The Morgan fingerprint density at radius 2 is 1.67 bits per heavy atom. The minimum atomic E-state index is 0. The molecule has 0 unspecified atom stereocenters. The molecule has 0 amide bonds. The molecule has 0 N–H and O–H groups in total. The normalized spacial score (nSPS) is 7.75. The summed E-state index contributed by atoms with van der Waals surface area (Å²) in [4.78, 5) is 10.6. The lowest BCUT2D eigenvalue weighted by atomic mass is 10.1. The van der Waals surface area contributed by atoms with Crippen molar-refractivity contribution in [3.63, 3.8) is 0 Å². The fourth-order valence-electron chi connectivity index (χ4n) is 0.883. The van der Waals surface area contributed by atoms with Crippen molar-refractivity contribution in [1.29, 1.82) is 0 Å². The molecule has 1 rings (SSSR count). The molecule has 0 saturated carbocycles. The first kappa shape index (κ1) is 14.0. The number of Topliss-reactive ketones (excluding diaryl/α,β-unsaturated/α-hetero) is 1. The third-order valence-electron chi connectivity index (χ3n) is 1.30. The highest BCUT2D eigenvalue weighted by Crippen LogP contribution is 1.98. The van der Waals surface area contributed by atoms with Gasteiger partial charge >= 0.3 is 0 Å². The van der Waals surface area contributed by atoms with Crippen LogP contribution in [0.15, 0.2) is 30.3 Å². The minimum Gasteiger partial charge on any atom is -0.300 e. The number of halogens is 2. The maximum absolute atomic E-state index is 10.6. The van der Waals surface area contributed by atoms with Crippen LogP contribution < -0.4 is 0 Å². The first-order chi connectivity index (χ1) is 4.79. The average Bonchev–Trinajstić information content (AvgIpc) is 1.88. The lowest BCUT2D eigenvalue weighted by Crippen LogP contribution is -1.94. The molecular formula is C9H12Cl2O.